The van der Waals surface area contributed by atoms with Gasteiger partial charge in [0.2, 0.25) is 0 Å². The van der Waals surface area contributed by atoms with E-state index in [1.54, 1.807) is 29.9 Å². The molecule has 2 rings (SSSR count). The second-order valence-corrected chi connectivity index (χ2v) is 5.35. The van der Waals surface area contributed by atoms with E-state index in [1.165, 1.54) is 0 Å². The standard InChI is InChI=1S/C13H23N5O2/c1-15(2)13(20)17-8-6-16(7-9-17)10-12(19)11-18-5-3-4-14-18/h3-5,12,19H,6-11H2,1-2H3/t12-/m0/s1. The molecule has 0 unspecified atom stereocenters. The molecule has 2 heterocycles. The van der Waals surface area contributed by atoms with Gasteiger partial charge < -0.3 is 14.9 Å². The second-order valence-electron chi connectivity index (χ2n) is 5.35. The first-order valence-corrected chi connectivity index (χ1v) is 6.90. The first-order valence-electron chi connectivity index (χ1n) is 6.90. The lowest BCUT2D eigenvalue weighted by Gasteiger charge is -2.36. The zero-order valence-corrected chi connectivity index (χ0v) is 12.1. The van der Waals surface area contributed by atoms with Crippen LogP contribution in [0.4, 0.5) is 4.79 Å². The lowest BCUT2D eigenvalue weighted by atomic mass is 10.2. The summed E-state index contributed by atoms with van der Waals surface area (Å²) in [6.07, 6.45) is 3.11. The molecular formula is C13H23N5O2. The molecule has 1 atom stereocenters. The third-order valence-electron chi connectivity index (χ3n) is 3.45. The van der Waals surface area contributed by atoms with E-state index in [-0.39, 0.29) is 6.03 Å². The van der Waals surface area contributed by atoms with E-state index < -0.39 is 6.10 Å². The van der Waals surface area contributed by atoms with Crippen molar-refractivity contribution in [3.8, 4) is 0 Å². The molecule has 1 aromatic heterocycles. The summed E-state index contributed by atoms with van der Waals surface area (Å²) in [5.41, 5.74) is 0. The van der Waals surface area contributed by atoms with Gasteiger partial charge in [-0.1, -0.05) is 0 Å². The highest BCUT2D eigenvalue weighted by molar-refractivity contribution is 5.73. The van der Waals surface area contributed by atoms with E-state index >= 15 is 0 Å². The number of hydrogen-bond acceptors (Lipinski definition) is 4. The molecule has 1 aliphatic rings. The van der Waals surface area contributed by atoms with Crippen molar-refractivity contribution in [2.75, 3.05) is 46.8 Å². The van der Waals surface area contributed by atoms with Crippen LogP contribution in [-0.4, -0.2) is 88.5 Å². The first kappa shape index (κ1) is 14.8. The molecule has 0 aliphatic carbocycles. The highest BCUT2D eigenvalue weighted by Gasteiger charge is 2.23. The number of nitrogens with zero attached hydrogens (tertiary/aromatic N) is 5. The van der Waals surface area contributed by atoms with Crippen LogP contribution >= 0.6 is 0 Å². The number of hydrogen-bond donors (Lipinski definition) is 1. The van der Waals surface area contributed by atoms with Crippen LogP contribution in [0.15, 0.2) is 18.5 Å². The average Bonchev–Trinajstić information content (AvgIpc) is 2.91. The van der Waals surface area contributed by atoms with Crippen LogP contribution < -0.4 is 0 Å². The summed E-state index contributed by atoms with van der Waals surface area (Å²) in [6.45, 7) is 4.15. The molecule has 0 saturated carbocycles. The Morgan fingerprint density at radius 2 is 2.00 bits per heavy atom. The molecule has 2 amide bonds. The molecule has 20 heavy (non-hydrogen) atoms. The maximum absolute atomic E-state index is 11.8. The van der Waals surface area contributed by atoms with Gasteiger partial charge in [-0.2, -0.15) is 5.10 Å². The van der Waals surface area contributed by atoms with Gasteiger partial charge in [-0.15, -0.1) is 0 Å². The number of aliphatic hydroxyl groups excluding tert-OH is 1. The minimum absolute atomic E-state index is 0.0572. The molecule has 1 fully saturated rings. The number of piperazine rings is 1. The van der Waals surface area contributed by atoms with Crippen molar-refractivity contribution in [3.05, 3.63) is 18.5 Å². The summed E-state index contributed by atoms with van der Waals surface area (Å²) in [4.78, 5) is 17.4. The van der Waals surface area contributed by atoms with E-state index in [0.717, 1.165) is 13.1 Å². The summed E-state index contributed by atoms with van der Waals surface area (Å²) < 4.78 is 1.73. The number of aliphatic hydroxyl groups is 1. The number of rotatable bonds is 4. The van der Waals surface area contributed by atoms with Crippen molar-refractivity contribution in [1.82, 2.24) is 24.5 Å². The molecule has 1 aliphatic heterocycles. The van der Waals surface area contributed by atoms with E-state index in [4.69, 9.17) is 0 Å². The molecule has 1 N–H and O–H groups in total. The van der Waals surface area contributed by atoms with Gasteiger partial charge >= 0.3 is 6.03 Å². The fourth-order valence-corrected chi connectivity index (χ4v) is 2.38. The fraction of sp³-hybridized carbons (Fsp3) is 0.692. The van der Waals surface area contributed by atoms with Gasteiger partial charge in [0, 0.05) is 59.2 Å². The molecule has 0 spiro atoms. The number of aromatic nitrogens is 2. The average molecular weight is 281 g/mol. The van der Waals surface area contributed by atoms with Gasteiger partial charge in [0.05, 0.1) is 12.6 Å². The zero-order valence-electron chi connectivity index (χ0n) is 12.1. The maximum Gasteiger partial charge on any atom is 0.319 e. The van der Waals surface area contributed by atoms with Crippen molar-refractivity contribution in [2.24, 2.45) is 0 Å². The SMILES string of the molecule is CN(C)C(=O)N1CCN(C[C@H](O)Cn2cccn2)CC1. The van der Waals surface area contributed by atoms with E-state index in [2.05, 4.69) is 10.00 Å². The van der Waals surface area contributed by atoms with Crippen molar-refractivity contribution in [3.63, 3.8) is 0 Å². The molecule has 1 saturated heterocycles. The highest BCUT2D eigenvalue weighted by atomic mass is 16.3. The molecule has 0 radical (unpaired) electrons. The largest absolute Gasteiger partial charge is 0.390 e. The predicted molar refractivity (Wildman–Crippen MR) is 75.3 cm³/mol. The van der Waals surface area contributed by atoms with Crippen LogP contribution in [0.2, 0.25) is 0 Å². The number of urea groups is 1. The smallest absolute Gasteiger partial charge is 0.319 e. The Balaban J connectivity index is 1.72. The van der Waals surface area contributed by atoms with Crippen LogP contribution in [-0.2, 0) is 6.54 Å². The third-order valence-corrected chi connectivity index (χ3v) is 3.45. The summed E-state index contributed by atoms with van der Waals surface area (Å²) in [6, 6.07) is 1.90. The number of carbonyl (C=O) groups excluding carboxylic acids is 1. The van der Waals surface area contributed by atoms with Gasteiger partial charge in [-0.25, -0.2) is 4.79 Å². The zero-order chi connectivity index (χ0) is 14.5. The van der Waals surface area contributed by atoms with Crippen molar-refractivity contribution in [1.29, 1.82) is 0 Å². The van der Waals surface area contributed by atoms with E-state index in [9.17, 15) is 9.90 Å². The van der Waals surface area contributed by atoms with Crippen molar-refractivity contribution in [2.45, 2.75) is 12.6 Å². The number of amides is 2. The minimum atomic E-state index is -0.439. The number of carbonyl (C=O) groups is 1. The van der Waals surface area contributed by atoms with Gasteiger partial charge in [0.25, 0.3) is 0 Å². The Morgan fingerprint density at radius 1 is 1.30 bits per heavy atom. The molecule has 7 nitrogen and oxygen atoms in total. The molecule has 0 bridgehead atoms. The topological polar surface area (TPSA) is 64.8 Å². The number of β-amino-alcohol motifs (C(OH)–C–C–N with tert-alkyl or cyclic N) is 1. The highest BCUT2D eigenvalue weighted by Crippen LogP contribution is 2.05. The van der Waals surface area contributed by atoms with Crippen LogP contribution in [0.25, 0.3) is 0 Å². The fourth-order valence-electron chi connectivity index (χ4n) is 2.38. The minimum Gasteiger partial charge on any atom is -0.390 e. The van der Waals surface area contributed by atoms with Crippen LogP contribution in [0, 0.1) is 0 Å². The summed E-state index contributed by atoms with van der Waals surface area (Å²) in [5, 5.41) is 14.1. The summed E-state index contributed by atoms with van der Waals surface area (Å²) in [5.74, 6) is 0. The lowest BCUT2D eigenvalue weighted by molar-refractivity contribution is 0.0664. The quantitative estimate of drug-likeness (QED) is 0.811. The van der Waals surface area contributed by atoms with Crippen LogP contribution in [0.3, 0.4) is 0 Å². The Kier molecular flexibility index (Phi) is 4.97. The van der Waals surface area contributed by atoms with E-state index in [0.29, 0.717) is 26.2 Å². The van der Waals surface area contributed by atoms with Gasteiger partial charge in [-0.3, -0.25) is 9.58 Å². The van der Waals surface area contributed by atoms with Crippen molar-refractivity contribution >= 4 is 6.03 Å². The predicted octanol–water partition coefficient (Wildman–Crippen LogP) is -0.457. The monoisotopic (exact) mass is 281 g/mol. The Labute approximate surface area is 119 Å². The maximum atomic E-state index is 11.8. The second kappa shape index (κ2) is 6.71. The van der Waals surface area contributed by atoms with Gasteiger partial charge in [0.15, 0.2) is 0 Å². The van der Waals surface area contributed by atoms with Gasteiger partial charge in [-0.05, 0) is 6.07 Å². The Bertz CT molecular complexity index is 412. The summed E-state index contributed by atoms with van der Waals surface area (Å²) >= 11 is 0. The van der Waals surface area contributed by atoms with Gasteiger partial charge in [0.1, 0.15) is 0 Å². The Hall–Kier alpha value is -1.60. The Morgan fingerprint density at radius 3 is 2.55 bits per heavy atom. The molecule has 0 aromatic carbocycles. The van der Waals surface area contributed by atoms with E-state index in [1.807, 2.05) is 17.2 Å². The molecule has 112 valence electrons. The van der Waals surface area contributed by atoms with Crippen LogP contribution in [0.1, 0.15) is 0 Å². The lowest BCUT2D eigenvalue weighted by Crippen LogP contribution is -2.52. The third kappa shape index (κ3) is 3.94. The van der Waals surface area contributed by atoms with Crippen molar-refractivity contribution < 1.29 is 9.90 Å². The normalized spacial score (nSPS) is 18.1. The molecule has 1 aromatic rings. The summed E-state index contributed by atoms with van der Waals surface area (Å²) in [7, 11) is 3.53. The van der Waals surface area contributed by atoms with Crippen LogP contribution in [0.5, 0.6) is 0 Å². The first-order chi connectivity index (χ1) is 9.56. The molecule has 7 heteroatoms. The molecular weight excluding hydrogens is 258 g/mol.